The Bertz CT molecular complexity index is 328. The maximum Gasteiger partial charge on any atom is 0.226 e. The maximum atomic E-state index is 12.2. The van der Waals surface area contributed by atoms with E-state index in [0.29, 0.717) is 0 Å². The highest BCUT2D eigenvalue weighted by atomic mass is 35.5. The van der Waals surface area contributed by atoms with Crippen LogP contribution < -0.4 is 0 Å². The van der Waals surface area contributed by atoms with Crippen molar-refractivity contribution in [2.75, 3.05) is 13.1 Å². The van der Waals surface area contributed by atoms with Crippen LogP contribution in [0.25, 0.3) is 0 Å². The number of rotatable bonds is 2. The lowest BCUT2D eigenvalue weighted by molar-refractivity contribution is -0.132. The van der Waals surface area contributed by atoms with Gasteiger partial charge in [-0.3, -0.25) is 4.79 Å². The van der Waals surface area contributed by atoms with E-state index in [1.165, 1.54) is 0 Å². The minimum atomic E-state index is 0.00863. The summed E-state index contributed by atoms with van der Waals surface area (Å²) in [7, 11) is 0. The summed E-state index contributed by atoms with van der Waals surface area (Å²) >= 11 is 11.3. The van der Waals surface area contributed by atoms with Crippen molar-refractivity contribution in [1.29, 1.82) is 0 Å². The highest BCUT2D eigenvalue weighted by molar-refractivity contribution is 6.55. The molecule has 0 bridgehead atoms. The van der Waals surface area contributed by atoms with Crippen LogP contribution in [0, 0.1) is 17.3 Å². The van der Waals surface area contributed by atoms with Crippen LogP contribution >= 0.6 is 23.2 Å². The summed E-state index contributed by atoms with van der Waals surface area (Å²) in [6.45, 7) is 6.03. The monoisotopic (exact) mass is 261 g/mol. The highest BCUT2D eigenvalue weighted by Gasteiger charge is 2.61. The van der Waals surface area contributed by atoms with Crippen molar-refractivity contribution < 1.29 is 4.79 Å². The summed E-state index contributed by atoms with van der Waals surface area (Å²) in [5, 5.41) is 0. The van der Waals surface area contributed by atoms with Crippen LogP contribution in [0.3, 0.4) is 0 Å². The largest absolute Gasteiger partial charge is 0.342 e. The van der Waals surface area contributed by atoms with Gasteiger partial charge in [0.1, 0.15) is 4.49 Å². The second-order valence-corrected chi connectivity index (χ2v) is 6.32. The first kappa shape index (κ1) is 12.3. The molecule has 0 N–H and O–H groups in total. The molecule has 2 atom stereocenters. The molecule has 4 heteroatoms. The smallest absolute Gasteiger partial charge is 0.226 e. The van der Waals surface area contributed by atoms with E-state index in [2.05, 4.69) is 13.8 Å². The molecule has 1 aliphatic carbocycles. The molecule has 0 aromatic carbocycles. The zero-order valence-corrected chi connectivity index (χ0v) is 11.2. The van der Waals surface area contributed by atoms with Crippen LogP contribution in [0.2, 0.25) is 0 Å². The third kappa shape index (κ3) is 2.10. The predicted octanol–water partition coefficient (Wildman–Crippen LogP) is 3.20. The molecule has 2 aliphatic rings. The highest BCUT2D eigenvalue weighted by Crippen LogP contribution is 2.60. The second kappa shape index (κ2) is 4.23. The fourth-order valence-corrected chi connectivity index (χ4v) is 3.00. The Labute approximate surface area is 107 Å². The minimum Gasteiger partial charge on any atom is -0.342 e. The zero-order chi connectivity index (χ0) is 11.9. The van der Waals surface area contributed by atoms with Crippen LogP contribution in [0.5, 0.6) is 0 Å². The lowest BCUT2D eigenvalue weighted by Crippen LogP contribution is -2.30. The van der Waals surface area contributed by atoms with E-state index in [1.54, 1.807) is 0 Å². The van der Waals surface area contributed by atoms with Gasteiger partial charge in [-0.25, -0.2) is 0 Å². The lowest BCUT2D eigenvalue weighted by Gasteiger charge is -2.15. The second-order valence-electron chi connectivity index (χ2n) is 5.31. The molecule has 1 aliphatic heterocycles. The van der Waals surface area contributed by atoms with Gasteiger partial charge in [-0.15, -0.1) is 0 Å². The number of hydrogen-bond acceptors (Lipinski definition) is 1. The number of carbonyl (C=O) groups is 1. The molecule has 16 heavy (non-hydrogen) atoms. The number of likely N-dealkylation sites (tertiary alicyclic amines) is 1. The normalized spacial score (nSPS) is 31.4. The standard InChI is InChI=1S/C12H17Cl2NO/c1-12(2)8(7-9(13)14)10(12)11(16)15-5-3-4-6-15/h7-8,10H,3-6H2,1-2H3/t8-,10+/m0/s1. The Morgan fingerprint density at radius 2 is 1.88 bits per heavy atom. The number of nitrogens with zero attached hydrogens (tertiary/aromatic N) is 1. The van der Waals surface area contributed by atoms with Gasteiger partial charge in [-0.05, 0) is 30.3 Å². The van der Waals surface area contributed by atoms with Gasteiger partial charge < -0.3 is 4.90 Å². The molecule has 0 unspecified atom stereocenters. The number of amides is 1. The summed E-state index contributed by atoms with van der Waals surface area (Å²) in [6.07, 6.45) is 4.08. The van der Waals surface area contributed by atoms with Crippen molar-refractivity contribution in [3.05, 3.63) is 10.6 Å². The Morgan fingerprint density at radius 1 is 1.31 bits per heavy atom. The van der Waals surface area contributed by atoms with E-state index in [0.717, 1.165) is 25.9 Å². The Morgan fingerprint density at radius 3 is 2.38 bits per heavy atom. The van der Waals surface area contributed by atoms with Crippen LogP contribution in [-0.2, 0) is 4.79 Å². The van der Waals surface area contributed by atoms with Crippen molar-refractivity contribution in [3.8, 4) is 0 Å². The first-order chi connectivity index (χ1) is 7.44. The van der Waals surface area contributed by atoms with Gasteiger partial charge in [0, 0.05) is 13.1 Å². The SMILES string of the molecule is CC1(C)[C@@H](C=C(Cl)Cl)[C@@H]1C(=O)N1CCCC1. The van der Waals surface area contributed by atoms with Crippen molar-refractivity contribution in [2.24, 2.45) is 17.3 Å². The summed E-state index contributed by atoms with van der Waals surface area (Å²) in [4.78, 5) is 14.2. The summed E-state index contributed by atoms with van der Waals surface area (Å²) in [5.74, 6) is 0.544. The van der Waals surface area contributed by atoms with Gasteiger partial charge >= 0.3 is 0 Å². The minimum absolute atomic E-state index is 0.00863. The van der Waals surface area contributed by atoms with E-state index in [4.69, 9.17) is 23.2 Å². The average Bonchev–Trinajstić information content (AvgIpc) is 2.63. The average molecular weight is 262 g/mol. The summed E-state index contributed by atoms with van der Waals surface area (Å²) in [5.41, 5.74) is 0.00863. The van der Waals surface area contributed by atoms with E-state index in [1.807, 2.05) is 11.0 Å². The summed E-state index contributed by atoms with van der Waals surface area (Å²) < 4.78 is 0.273. The molecular weight excluding hydrogens is 245 g/mol. The van der Waals surface area contributed by atoms with Crippen molar-refractivity contribution in [1.82, 2.24) is 4.90 Å². The molecule has 2 rings (SSSR count). The van der Waals surface area contributed by atoms with E-state index < -0.39 is 0 Å². The van der Waals surface area contributed by atoms with E-state index in [9.17, 15) is 4.79 Å². The predicted molar refractivity (Wildman–Crippen MR) is 66.4 cm³/mol. The number of allylic oxidation sites excluding steroid dienone is 1. The maximum absolute atomic E-state index is 12.2. The fraction of sp³-hybridized carbons (Fsp3) is 0.750. The molecule has 1 amide bonds. The van der Waals surface area contributed by atoms with Crippen LogP contribution in [0.4, 0.5) is 0 Å². The molecule has 2 fully saturated rings. The molecule has 0 spiro atoms. The van der Waals surface area contributed by atoms with Crippen molar-refractivity contribution in [3.63, 3.8) is 0 Å². The molecule has 0 radical (unpaired) electrons. The molecule has 1 saturated carbocycles. The van der Waals surface area contributed by atoms with Gasteiger partial charge in [0.25, 0.3) is 0 Å². The molecule has 1 heterocycles. The number of carbonyl (C=O) groups excluding carboxylic acids is 1. The van der Waals surface area contributed by atoms with E-state index in [-0.39, 0.29) is 27.6 Å². The molecule has 2 nitrogen and oxygen atoms in total. The first-order valence-corrected chi connectivity index (χ1v) is 6.52. The Hall–Kier alpha value is -0.210. The number of halogens is 2. The van der Waals surface area contributed by atoms with E-state index >= 15 is 0 Å². The molecule has 0 aromatic rings. The number of hydrogen-bond donors (Lipinski definition) is 0. The van der Waals surface area contributed by atoms with Gasteiger partial charge in [-0.1, -0.05) is 37.0 Å². The lowest BCUT2D eigenvalue weighted by atomic mass is 10.1. The van der Waals surface area contributed by atoms with Gasteiger partial charge in [0.05, 0.1) is 5.92 Å². The zero-order valence-electron chi connectivity index (χ0n) is 9.67. The topological polar surface area (TPSA) is 20.3 Å². The van der Waals surface area contributed by atoms with Crippen LogP contribution in [-0.4, -0.2) is 23.9 Å². The fourth-order valence-electron chi connectivity index (χ4n) is 2.73. The molecule has 0 aromatic heterocycles. The third-order valence-corrected chi connectivity index (χ3v) is 4.15. The van der Waals surface area contributed by atoms with Gasteiger partial charge in [-0.2, -0.15) is 0 Å². The Balaban J connectivity index is 2.05. The van der Waals surface area contributed by atoms with Gasteiger partial charge in [0.15, 0.2) is 0 Å². The quantitative estimate of drug-likeness (QED) is 0.748. The van der Waals surface area contributed by atoms with Gasteiger partial charge in [0.2, 0.25) is 5.91 Å². The molecule has 1 saturated heterocycles. The molecular formula is C12H17Cl2NO. The Kier molecular flexibility index (Phi) is 3.24. The molecule has 90 valence electrons. The van der Waals surface area contributed by atoms with Crippen LogP contribution in [0.1, 0.15) is 26.7 Å². The van der Waals surface area contributed by atoms with Crippen molar-refractivity contribution >= 4 is 29.1 Å². The third-order valence-electron chi connectivity index (χ3n) is 3.90. The van der Waals surface area contributed by atoms with Crippen LogP contribution in [0.15, 0.2) is 10.6 Å². The first-order valence-electron chi connectivity index (χ1n) is 5.76. The summed E-state index contributed by atoms with van der Waals surface area (Å²) in [6, 6.07) is 0. The van der Waals surface area contributed by atoms with Crippen molar-refractivity contribution in [2.45, 2.75) is 26.7 Å².